The second kappa shape index (κ2) is 9.52. The molecule has 0 spiro atoms. The molecule has 0 heterocycles. The first-order valence-electron chi connectivity index (χ1n) is 7.89. The Morgan fingerprint density at radius 3 is 2.17 bits per heavy atom. The summed E-state index contributed by atoms with van der Waals surface area (Å²) in [5.74, 6) is 0.0652. The van der Waals surface area contributed by atoms with E-state index in [2.05, 4.69) is 38.1 Å². The van der Waals surface area contributed by atoms with Crippen LogP contribution in [0.25, 0.3) is 4.85 Å². The van der Waals surface area contributed by atoms with E-state index in [9.17, 15) is 4.79 Å². The zero-order chi connectivity index (χ0) is 16.9. The molecule has 0 aromatic heterocycles. The van der Waals surface area contributed by atoms with E-state index >= 15 is 0 Å². The summed E-state index contributed by atoms with van der Waals surface area (Å²) in [6.07, 6.45) is 1.85. The minimum atomic E-state index is -0.0608. The maximum atomic E-state index is 12.8. The molecule has 1 amide bonds. The van der Waals surface area contributed by atoms with Gasteiger partial charge in [-0.25, -0.2) is 4.85 Å². The van der Waals surface area contributed by atoms with E-state index in [0.717, 1.165) is 36.2 Å². The number of amides is 1. The molecule has 0 saturated carbocycles. The maximum absolute atomic E-state index is 12.8. The van der Waals surface area contributed by atoms with Crippen molar-refractivity contribution in [3.8, 4) is 0 Å². The number of carbonyl (C=O) groups is 1. The molecule has 1 aromatic carbocycles. The van der Waals surface area contributed by atoms with Gasteiger partial charge in [0.05, 0.1) is 27.2 Å². The molecule has 0 bridgehead atoms. The minimum absolute atomic E-state index is 0. The summed E-state index contributed by atoms with van der Waals surface area (Å²) in [6, 6.07) is 3.59. The van der Waals surface area contributed by atoms with Crippen LogP contribution in [0.3, 0.4) is 0 Å². The molecule has 1 aromatic rings. The van der Waals surface area contributed by atoms with Gasteiger partial charge in [-0.1, -0.05) is 19.1 Å². The number of nitrogens with zero attached hydrogens (tertiary/aromatic N) is 2. The molecule has 23 heavy (non-hydrogen) atoms. The van der Waals surface area contributed by atoms with E-state index in [1.165, 1.54) is 0 Å². The SMILES string of the molecule is [C-]#[N+]c1cc(C)c(NC(=O)C(CCC)[N+](C)(C)CC)c(C)c1.[Y]. The number of aryl methyl sites for hydroxylation is 2. The molecule has 0 aliphatic carbocycles. The van der Waals surface area contributed by atoms with Gasteiger partial charge in [0.1, 0.15) is 0 Å². The molecule has 0 aliphatic heterocycles. The zero-order valence-electron chi connectivity index (χ0n) is 15.2. The summed E-state index contributed by atoms with van der Waals surface area (Å²) < 4.78 is 0.678. The monoisotopic (exact) mass is 391 g/mol. The first-order chi connectivity index (χ1) is 10.3. The van der Waals surface area contributed by atoms with Gasteiger partial charge in [0, 0.05) is 44.8 Å². The van der Waals surface area contributed by atoms with Crippen LogP contribution in [-0.2, 0) is 37.5 Å². The minimum Gasteiger partial charge on any atom is -0.321 e. The standard InChI is InChI=1S/C18H27N3O.Y/c1-8-10-16(21(6,7)9-2)18(22)20-17-13(3)11-15(19-5)12-14(17)4;/h11-12,16H,8-10H2,1-4,6-7H3;/p+1. The normalized spacial score (nSPS) is 12.0. The van der Waals surface area contributed by atoms with Crippen molar-refractivity contribution in [1.82, 2.24) is 0 Å². The van der Waals surface area contributed by atoms with Crippen LogP contribution in [0.15, 0.2) is 12.1 Å². The predicted molar refractivity (Wildman–Crippen MR) is 92.2 cm³/mol. The average molecular weight is 391 g/mol. The summed E-state index contributed by atoms with van der Waals surface area (Å²) in [6.45, 7) is 16.1. The summed E-state index contributed by atoms with van der Waals surface area (Å²) in [7, 11) is 4.20. The second-order valence-corrected chi connectivity index (χ2v) is 6.45. The summed E-state index contributed by atoms with van der Waals surface area (Å²) in [5.41, 5.74) is 3.34. The Morgan fingerprint density at radius 2 is 1.78 bits per heavy atom. The van der Waals surface area contributed by atoms with Gasteiger partial charge in [-0.05, 0) is 38.3 Å². The summed E-state index contributed by atoms with van der Waals surface area (Å²) in [4.78, 5) is 16.2. The van der Waals surface area contributed by atoms with Crippen LogP contribution in [0, 0.1) is 20.4 Å². The first-order valence-corrected chi connectivity index (χ1v) is 7.89. The topological polar surface area (TPSA) is 33.5 Å². The Hall–Kier alpha value is -0.756. The number of quaternary nitrogens is 1. The number of hydrogen-bond donors (Lipinski definition) is 1. The van der Waals surface area contributed by atoms with E-state index in [0.29, 0.717) is 10.2 Å². The van der Waals surface area contributed by atoms with Crippen molar-refractivity contribution in [1.29, 1.82) is 0 Å². The van der Waals surface area contributed by atoms with Crippen LogP contribution in [-0.4, -0.2) is 37.1 Å². The van der Waals surface area contributed by atoms with Gasteiger partial charge in [-0.3, -0.25) is 4.79 Å². The Labute approximate surface area is 165 Å². The van der Waals surface area contributed by atoms with E-state index in [1.807, 2.05) is 26.0 Å². The number of rotatable bonds is 6. The Kier molecular flexibility index (Phi) is 9.21. The van der Waals surface area contributed by atoms with Crippen LogP contribution < -0.4 is 5.32 Å². The Balaban J connectivity index is 0.00000484. The number of carbonyl (C=O) groups excluding carboxylic acids is 1. The third kappa shape index (κ3) is 5.67. The van der Waals surface area contributed by atoms with Crippen LogP contribution in [0.5, 0.6) is 0 Å². The van der Waals surface area contributed by atoms with Crippen LogP contribution in [0.1, 0.15) is 37.8 Å². The van der Waals surface area contributed by atoms with Gasteiger partial charge >= 0.3 is 0 Å². The largest absolute Gasteiger partial charge is 0.321 e. The molecule has 0 fully saturated rings. The molecular weight excluding hydrogens is 363 g/mol. The molecular formula is C18H28N3OY+. The molecule has 1 unspecified atom stereocenters. The van der Waals surface area contributed by atoms with Crippen LogP contribution in [0.2, 0.25) is 0 Å². The van der Waals surface area contributed by atoms with E-state index in [4.69, 9.17) is 6.57 Å². The molecule has 5 heteroatoms. The molecule has 1 atom stereocenters. The molecule has 1 N–H and O–H groups in total. The van der Waals surface area contributed by atoms with Gasteiger partial charge < -0.3 is 9.80 Å². The number of hydrogen-bond acceptors (Lipinski definition) is 1. The maximum Gasteiger partial charge on any atom is 0.282 e. The smallest absolute Gasteiger partial charge is 0.282 e. The second-order valence-electron chi connectivity index (χ2n) is 6.45. The molecule has 1 radical (unpaired) electrons. The molecule has 4 nitrogen and oxygen atoms in total. The van der Waals surface area contributed by atoms with Gasteiger partial charge in [-0.15, -0.1) is 0 Å². The Morgan fingerprint density at radius 1 is 1.26 bits per heavy atom. The third-order valence-electron chi connectivity index (χ3n) is 4.42. The van der Waals surface area contributed by atoms with Gasteiger partial charge in [-0.2, -0.15) is 0 Å². The van der Waals surface area contributed by atoms with Crippen molar-refractivity contribution in [3.05, 3.63) is 34.7 Å². The van der Waals surface area contributed by atoms with Crippen molar-refractivity contribution in [2.24, 2.45) is 0 Å². The van der Waals surface area contributed by atoms with Crippen molar-refractivity contribution in [3.63, 3.8) is 0 Å². The van der Waals surface area contributed by atoms with E-state index in [1.54, 1.807) is 0 Å². The van der Waals surface area contributed by atoms with Crippen molar-refractivity contribution in [2.75, 3.05) is 26.0 Å². The molecule has 1 rings (SSSR count). The van der Waals surface area contributed by atoms with Gasteiger partial charge in [0.15, 0.2) is 11.7 Å². The first kappa shape index (κ1) is 22.2. The van der Waals surface area contributed by atoms with E-state index in [-0.39, 0.29) is 44.7 Å². The summed E-state index contributed by atoms with van der Waals surface area (Å²) in [5, 5.41) is 3.10. The molecule has 0 saturated heterocycles. The average Bonchev–Trinajstić information content (AvgIpc) is 2.47. The molecule has 123 valence electrons. The van der Waals surface area contributed by atoms with Crippen molar-refractivity contribution >= 4 is 17.3 Å². The zero-order valence-corrected chi connectivity index (χ0v) is 18.1. The van der Waals surface area contributed by atoms with Crippen LogP contribution >= 0.6 is 0 Å². The van der Waals surface area contributed by atoms with Crippen molar-refractivity contribution in [2.45, 2.75) is 46.6 Å². The fourth-order valence-electron chi connectivity index (χ4n) is 2.70. The number of anilines is 1. The number of nitrogens with one attached hydrogen (secondary N) is 1. The third-order valence-corrected chi connectivity index (χ3v) is 4.42. The molecule has 0 aliphatic rings. The number of benzene rings is 1. The van der Waals surface area contributed by atoms with Gasteiger partial charge in [0.2, 0.25) is 0 Å². The fraction of sp³-hybridized carbons (Fsp3) is 0.556. The van der Waals surface area contributed by atoms with E-state index < -0.39 is 0 Å². The van der Waals surface area contributed by atoms with Crippen LogP contribution in [0.4, 0.5) is 11.4 Å². The fourth-order valence-corrected chi connectivity index (χ4v) is 2.70. The predicted octanol–water partition coefficient (Wildman–Crippen LogP) is 4.06. The number of likely N-dealkylation sites (N-methyl/N-ethyl adjacent to an activating group) is 1. The summed E-state index contributed by atoms with van der Waals surface area (Å²) >= 11 is 0. The van der Waals surface area contributed by atoms with Crippen molar-refractivity contribution < 1.29 is 42.0 Å². The van der Waals surface area contributed by atoms with Gasteiger partial charge in [0.25, 0.3) is 5.91 Å². The quantitative estimate of drug-likeness (QED) is 0.576. The Bertz CT molecular complexity index is 567.